The number of nitrogens with zero attached hydrogens (tertiary/aromatic N) is 1. The predicted octanol–water partition coefficient (Wildman–Crippen LogP) is 5.00. The van der Waals surface area contributed by atoms with Gasteiger partial charge >= 0.3 is 0 Å². The van der Waals surface area contributed by atoms with E-state index in [0.717, 1.165) is 12.8 Å². The summed E-state index contributed by atoms with van der Waals surface area (Å²) in [7, 11) is 0. The molecule has 5 heteroatoms. The third kappa shape index (κ3) is 4.35. The first-order valence-electron chi connectivity index (χ1n) is 8.06. The molecular weight excluding hydrogens is 312 g/mol. The van der Waals surface area contributed by atoms with Crippen LogP contribution in [0.3, 0.4) is 0 Å². The standard InChI is InChI=1S/C18H23ClN2O2/c1-4-5-6-9-12(2)20-18(22)16-13(3)23-21-17(16)14-10-7-8-11-15(14)19/h7-8,10-12H,4-6,9H2,1-3H3,(H,20,22). The van der Waals surface area contributed by atoms with Gasteiger partial charge in [-0.3, -0.25) is 4.79 Å². The minimum Gasteiger partial charge on any atom is -0.360 e. The molecule has 0 aliphatic rings. The Morgan fingerprint density at radius 2 is 2.09 bits per heavy atom. The van der Waals surface area contributed by atoms with Gasteiger partial charge in [-0.05, 0) is 26.3 Å². The van der Waals surface area contributed by atoms with E-state index in [1.807, 2.05) is 25.1 Å². The molecule has 1 N–H and O–H groups in total. The Morgan fingerprint density at radius 3 is 2.78 bits per heavy atom. The molecule has 0 radical (unpaired) electrons. The molecule has 1 aromatic carbocycles. The normalized spacial score (nSPS) is 12.2. The maximum absolute atomic E-state index is 12.6. The summed E-state index contributed by atoms with van der Waals surface area (Å²) in [5.74, 6) is 0.334. The number of unbranched alkanes of at least 4 members (excludes halogenated alkanes) is 2. The molecule has 0 fully saturated rings. The van der Waals surface area contributed by atoms with Gasteiger partial charge in [0.1, 0.15) is 17.0 Å². The first-order chi connectivity index (χ1) is 11.0. The van der Waals surface area contributed by atoms with Crippen molar-refractivity contribution in [3.8, 4) is 11.3 Å². The lowest BCUT2D eigenvalue weighted by molar-refractivity contribution is 0.0937. The van der Waals surface area contributed by atoms with Crippen LogP contribution in [0.25, 0.3) is 11.3 Å². The number of amides is 1. The predicted molar refractivity (Wildman–Crippen MR) is 92.8 cm³/mol. The number of hydrogen-bond donors (Lipinski definition) is 1. The molecule has 1 unspecified atom stereocenters. The number of benzene rings is 1. The largest absolute Gasteiger partial charge is 0.360 e. The Labute approximate surface area is 142 Å². The monoisotopic (exact) mass is 334 g/mol. The Bertz CT molecular complexity index is 667. The highest BCUT2D eigenvalue weighted by Crippen LogP contribution is 2.31. The summed E-state index contributed by atoms with van der Waals surface area (Å²) in [4.78, 5) is 12.6. The zero-order chi connectivity index (χ0) is 16.8. The second-order valence-electron chi connectivity index (χ2n) is 5.81. The molecular formula is C18H23ClN2O2. The van der Waals surface area contributed by atoms with Crippen molar-refractivity contribution in [3.05, 3.63) is 40.6 Å². The van der Waals surface area contributed by atoms with Crippen molar-refractivity contribution in [2.45, 2.75) is 52.5 Å². The van der Waals surface area contributed by atoms with Crippen LogP contribution in [0.5, 0.6) is 0 Å². The fourth-order valence-electron chi connectivity index (χ4n) is 2.55. The van der Waals surface area contributed by atoms with Crippen LogP contribution >= 0.6 is 11.6 Å². The minimum atomic E-state index is -0.164. The van der Waals surface area contributed by atoms with Crippen LogP contribution in [-0.4, -0.2) is 17.1 Å². The van der Waals surface area contributed by atoms with Crippen molar-refractivity contribution < 1.29 is 9.32 Å². The molecule has 0 saturated heterocycles. The van der Waals surface area contributed by atoms with Gasteiger partial charge < -0.3 is 9.84 Å². The zero-order valence-corrected chi connectivity index (χ0v) is 14.6. The number of carbonyl (C=O) groups is 1. The Morgan fingerprint density at radius 1 is 1.35 bits per heavy atom. The van der Waals surface area contributed by atoms with Crippen LogP contribution < -0.4 is 5.32 Å². The average molecular weight is 335 g/mol. The lowest BCUT2D eigenvalue weighted by Gasteiger charge is -2.13. The van der Waals surface area contributed by atoms with Crippen molar-refractivity contribution in [3.63, 3.8) is 0 Å². The topological polar surface area (TPSA) is 55.1 Å². The van der Waals surface area contributed by atoms with E-state index in [-0.39, 0.29) is 11.9 Å². The molecule has 1 heterocycles. The van der Waals surface area contributed by atoms with Gasteiger partial charge in [-0.2, -0.15) is 0 Å². The molecule has 0 aliphatic heterocycles. The highest BCUT2D eigenvalue weighted by atomic mass is 35.5. The molecule has 23 heavy (non-hydrogen) atoms. The molecule has 2 aromatic rings. The fourth-order valence-corrected chi connectivity index (χ4v) is 2.77. The average Bonchev–Trinajstić information content (AvgIpc) is 2.89. The molecule has 0 bridgehead atoms. The number of rotatable bonds is 7. The second-order valence-corrected chi connectivity index (χ2v) is 6.22. The molecule has 4 nitrogen and oxygen atoms in total. The lowest BCUT2D eigenvalue weighted by Crippen LogP contribution is -2.33. The third-order valence-electron chi connectivity index (χ3n) is 3.84. The summed E-state index contributed by atoms with van der Waals surface area (Å²) >= 11 is 6.22. The van der Waals surface area contributed by atoms with E-state index in [1.165, 1.54) is 12.8 Å². The van der Waals surface area contributed by atoms with E-state index in [2.05, 4.69) is 17.4 Å². The second kappa shape index (κ2) is 8.16. The summed E-state index contributed by atoms with van der Waals surface area (Å²) in [5.41, 5.74) is 1.65. The number of carbonyl (C=O) groups excluding carboxylic acids is 1. The Hall–Kier alpha value is -1.81. The maximum Gasteiger partial charge on any atom is 0.257 e. The van der Waals surface area contributed by atoms with Gasteiger partial charge in [-0.15, -0.1) is 0 Å². The lowest BCUT2D eigenvalue weighted by atomic mass is 10.0. The van der Waals surface area contributed by atoms with Crippen LogP contribution in [0.2, 0.25) is 5.02 Å². The molecule has 2 rings (SSSR count). The smallest absolute Gasteiger partial charge is 0.257 e. The van der Waals surface area contributed by atoms with Crippen LogP contribution in [-0.2, 0) is 0 Å². The number of nitrogens with one attached hydrogen (secondary N) is 1. The van der Waals surface area contributed by atoms with Gasteiger partial charge in [0.2, 0.25) is 0 Å². The summed E-state index contributed by atoms with van der Waals surface area (Å²) in [6.45, 7) is 5.93. The molecule has 1 atom stereocenters. The number of hydrogen-bond acceptors (Lipinski definition) is 3. The van der Waals surface area contributed by atoms with Crippen LogP contribution in [0.15, 0.2) is 28.8 Å². The fraction of sp³-hybridized carbons (Fsp3) is 0.444. The van der Waals surface area contributed by atoms with E-state index in [1.54, 1.807) is 13.0 Å². The van der Waals surface area contributed by atoms with E-state index in [0.29, 0.717) is 27.6 Å². The van der Waals surface area contributed by atoms with Gasteiger partial charge in [0.25, 0.3) is 5.91 Å². The van der Waals surface area contributed by atoms with Gasteiger partial charge in [-0.1, -0.05) is 61.1 Å². The molecule has 0 saturated carbocycles. The molecule has 0 aliphatic carbocycles. The van der Waals surface area contributed by atoms with E-state index >= 15 is 0 Å². The molecule has 0 spiro atoms. The highest BCUT2D eigenvalue weighted by molar-refractivity contribution is 6.33. The van der Waals surface area contributed by atoms with Crippen molar-refractivity contribution in [2.75, 3.05) is 0 Å². The summed E-state index contributed by atoms with van der Waals surface area (Å²) in [6.07, 6.45) is 4.42. The first kappa shape index (κ1) is 17.5. The number of halogens is 1. The first-order valence-corrected chi connectivity index (χ1v) is 8.44. The van der Waals surface area contributed by atoms with Gasteiger partial charge in [0.05, 0.1) is 5.02 Å². The number of aromatic nitrogens is 1. The van der Waals surface area contributed by atoms with E-state index in [9.17, 15) is 4.79 Å². The highest BCUT2D eigenvalue weighted by Gasteiger charge is 2.23. The zero-order valence-electron chi connectivity index (χ0n) is 13.9. The summed E-state index contributed by atoms with van der Waals surface area (Å²) < 4.78 is 5.24. The van der Waals surface area contributed by atoms with E-state index in [4.69, 9.17) is 16.1 Å². The Balaban J connectivity index is 2.18. The maximum atomic E-state index is 12.6. The van der Waals surface area contributed by atoms with Crippen molar-refractivity contribution in [2.24, 2.45) is 0 Å². The van der Waals surface area contributed by atoms with Crippen LogP contribution in [0.1, 0.15) is 55.6 Å². The quantitative estimate of drug-likeness (QED) is 0.725. The molecule has 1 amide bonds. The van der Waals surface area contributed by atoms with Crippen molar-refractivity contribution in [1.29, 1.82) is 0 Å². The SMILES string of the molecule is CCCCCC(C)NC(=O)c1c(-c2ccccc2Cl)noc1C. The summed E-state index contributed by atoms with van der Waals surface area (Å²) in [6, 6.07) is 7.42. The third-order valence-corrected chi connectivity index (χ3v) is 4.17. The van der Waals surface area contributed by atoms with Crippen LogP contribution in [0, 0.1) is 6.92 Å². The number of aryl methyl sites for hydroxylation is 1. The molecule has 1 aromatic heterocycles. The minimum absolute atomic E-state index is 0.113. The van der Waals surface area contributed by atoms with Gasteiger partial charge in [-0.25, -0.2) is 0 Å². The van der Waals surface area contributed by atoms with Gasteiger partial charge in [0, 0.05) is 11.6 Å². The molecule has 124 valence electrons. The van der Waals surface area contributed by atoms with E-state index < -0.39 is 0 Å². The van der Waals surface area contributed by atoms with Crippen LogP contribution in [0.4, 0.5) is 0 Å². The van der Waals surface area contributed by atoms with Crippen molar-refractivity contribution in [1.82, 2.24) is 10.5 Å². The van der Waals surface area contributed by atoms with Gasteiger partial charge in [0.15, 0.2) is 0 Å². The summed E-state index contributed by atoms with van der Waals surface area (Å²) in [5, 5.41) is 7.61. The van der Waals surface area contributed by atoms with Crippen molar-refractivity contribution >= 4 is 17.5 Å². The Kier molecular flexibility index (Phi) is 6.22.